The molecule has 0 saturated heterocycles. The molecule has 2 aliphatic rings. The van der Waals surface area contributed by atoms with Gasteiger partial charge in [0.15, 0.2) is 0 Å². The molecule has 3 heteroatoms. The predicted molar refractivity (Wildman–Crippen MR) is 80.5 cm³/mol. The van der Waals surface area contributed by atoms with Gasteiger partial charge in [-0.15, -0.1) is 11.8 Å². The van der Waals surface area contributed by atoms with Crippen LogP contribution in [0.2, 0.25) is 0 Å². The van der Waals surface area contributed by atoms with Gasteiger partial charge in [0.05, 0.1) is 4.20 Å². The Morgan fingerprint density at radius 2 is 1.76 bits per heavy atom. The van der Waals surface area contributed by atoms with Gasteiger partial charge < -0.3 is 4.90 Å². The second-order valence-corrected chi connectivity index (χ2v) is 6.31. The van der Waals surface area contributed by atoms with Gasteiger partial charge in [0.1, 0.15) is 0 Å². The van der Waals surface area contributed by atoms with Gasteiger partial charge in [0, 0.05) is 18.8 Å². The van der Waals surface area contributed by atoms with Gasteiger partial charge in [-0.2, -0.15) is 0 Å². The zero-order valence-electron chi connectivity index (χ0n) is 10.2. The number of nitrogens with zero attached hydrogens (tertiary/aromatic N) is 1. The highest BCUT2D eigenvalue weighted by atomic mass is 32.2. The molecule has 0 N–H and O–H groups in total. The molecule has 0 unspecified atom stereocenters. The zero-order valence-corrected chi connectivity index (χ0v) is 11.8. The molecule has 1 aromatic carbocycles. The molecule has 0 spiro atoms. The molecule has 1 nitrogen and oxygen atoms in total. The number of thioether (sulfide) groups is 1. The Kier molecular flexibility index (Phi) is 3.14. The fraction of sp³-hybridized carbons (Fsp3) is 0.500. The summed E-state index contributed by atoms with van der Waals surface area (Å²) >= 11 is 7.12. The summed E-state index contributed by atoms with van der Waals surface area (Å²) in [4.78, 5) is 2.57. The maximum absolute atomic E-state index is 5.43. The smallest absolute Gasteiger partial charge is 0.0775 e. The molecule has 0 radical (unpaired) electrons. The average molecular weight is 263 g/mol. The van der Waals surface area contributed by atoms with Crippen LogP contribution in [0.3, 0.4) is 0 Å². The molecule has 0 bridgehead atoms. The Labute approximate surface area is 113 Å². The molecule has 0 aliphatic carbocycles. The molecular formula is C14H17NS2. The predicted octanol–water partition coefficient (Wildman–Crippen LogP) is 3.42. The molecule has 0 fully saturated rings. The van der Waals surface area contributed by atoms with Gasteiger partial charge >= 0.3 is 0 Å². The first-order valence-corrected chi connectivity index (χ1v) is 7.92. The molecule has 1 aromatic rings. The number of anilines is 1. The van der Waals surface area contributed by atoms with Crippen molar-refractivity contribution in [3.8, 4) is 0 Å². The standard InChI is InChI=1S/C14H17NS2/c1-17-14(16)12-8-10-4-2-6-15-7-3-5-11(9-12)13(10)15/h8-9H,2-7H2,1H3. The fourth-order valence-corrected chi connectivity index (χ4v) is 3.51. The molecule has 17 heavy (non-hydrogen) atoms. The molecule has 2 aliphatic heterocycles. The molecule has 0 amide bonds. The maximum Gasteiger partial charge on any atom is 0.0775 e. The van der Waals surface area contributed by atoms with Crippen LogP contribution in [0.4, 0.5) is 5.69 Å². The van der Waals surface area contributed by atoms with Crippen molar-refractivity contribution in [2.75, 3.05) is 24.2 Å². The minimum Gasteiger partial charge on any atom is -0.371 e. The molecule has 90 valence electrons. The molecule has 0 saturated carbocycles. The van der Waals surface area contributed by atoms with Crippen LogP contribution in [0.5, 0.6) is 0 Å². The lowest BCUT2D eigenvalue weighted by molar-refractivity contribution is 0.634. The summed E-state index contributed by atoms with van der Waals surface area (Å²) in [6, 6.07) is 4.66. The molecule has 0 atom stereocenters. The molecule has 0 aromatic heterocycles. The van der Waals surface area contributed by atoms with E-state index in [9.17, 15) is 0 Å². The van der Waals surface area contributed by atoms with Gasteiger partial charge in [-0.25, -0.2) is 0 Å². The van der Waals surface area contributed by atoms with Crippen molar-refractivity contribution in [2.24, 2.45) is 0 Å². The van der Waals surface area contributed by atoms with Crippen LogP contribution in [-0.4, -0.2) is 23.5 Å². The highest BCUT2D eigenvalue weighted by molar-refractivity contribution is 8.23. The highest BCUT2D eigenvalue weighted by Gasteiger charge is 2.24. The van der Waals surface area contributed by atoms with Gasteiger partial charge in [0.2, 0.25) is 0 Å². The first kappa shape index (κ1) is 11.5. The van der Waals surface area contributed by atoms with Crippen molar-refractivity contribution >= 4 is 33.9 Å². The Hall–Kier alpha value is -0.540. The lowest BCUT2D eigenvalue weighted by Crippen LogP contribution is -2.34. The third kappa shape index (κ3) is 2.00. The quantitative estimate of drug-likeness (QED) is 0.715. The number of aryl methyl sites for hydroxylation is 2. The van der Waals surface area contributed by atoms with Crippen molar-refractivity contribution < 1.29 is 0 Å². The Balaban J connectivity index is 2.11. The highest BCUT2D eigenvalue weighted by Crippen LogP contribution is 2.36. The van der Waals surface area contributed by atoms with E-state index in [1.807, 2.05) is 0 Å². The van der Waals surface area contributed by atoms with Crippen LogP contribution >= 0.6 is 24.0 Å². The lowest BCUT2D eigenvalue weighted by atomic mass is 9.90. The first-order chi connectivity index (χ1) is 8.29. The Morgan fingerprint density at radius 1 is 1.18 bits per heavy atom. The summed E-state index contributed by atoms with van der Waals surface area (Å²) in [6.45, 7) is 2.48. The normalized spacial score (nSPS) is 17.8. The minimum absolute atomic E-state index is 1.03. The monoisotopic (exact) mass is 263 g/mol. The van der Waals surface area contributed by atoms with Gasteiger partial charge in [-0.05, 0) is 60.8 Å². The molecule has 2 heterocycles. The van der Waals surface area contributed by atoms with Crippen molar-refractivity contribution in [1.82, 2.24) is 0 Å². The van der Waals surface area contributed by atoms with E-state index in [2.05, 4.69) is 23.3 Å². The lowest BCUT2D eigenvalue weighted by Gasteiger charge is -2.37. The number of benzene rings is 1. The summed E-state index contributed by atoms with van der Waals surface area (Å²) in [5.41, 5.74) is 5.86. The van der Waals surface area contributed by atoms with E-state index in [1.165, 1.54) is 61.2 Å². The number of thiocarbonyl (C=S) groups is 1. The van der Waals surface area contributed by atoms with Gasteiger partial charge in [-0.1, -0.05) is 12.2 Å². The van der Waals surface area contributed by atoms with Crippen LogP contribution in [0.1, 0.15) is 29.5 Å². The average Bonchev–Trinajstić information content (AvgIpc) is 2.38. The van der Waals surface area contributed by atoms with Crippen LogP contribution < -0.4 is 4.90 Å². The second kappa shape index (κ2) is 4.62. The van der Waals surface area contributed by atoms with E-state index in [0.29, 0.717) is 0 Å². The second-order valence-electron chi connectivity index (χ2n) is 4.83. The van der Waals surface area contributed by atoms with Crippen LogP contribution in [0.25, 0.3) is 0 Å². The molecular weight excluding hydrogens is 246 g/mol. The summed E-state index contributed by atoms with van der Waals surface area (Å²) in [6.07, 6.45) is 7.11. The number of rotatable bonds is 1. The topological polar surface area (TPSA) is 3.24 Å². The van der Waals surface area contributed by atoms with E-state index >= 15 is 0 Å². The molecule has 3 rings (SSSR count). The van der Waals surface area contributed by atoms with Crippen molar-refractivity contribution in [1.29, 1.82) is 0 Å². The largest absolute Gasteiger partial charge is 0.371 e. The minimum atomic E-state index is 1.03. The van der Waals surface area contributed by atoms with E-state index in [4.69, 9.17) is 12.2 Å². The van der Waals surface area contributed by atoms with Crippen molar-refractivity contribution in [2.45, 2.75) is 25.7 Å². The summed E-state index contributed by atoms with van der Waals surface area (Å²) < 4.78 is 1.03. The summed E-state index contributed by atoms with van der Waals surface area (Å²) in [5, 5.41) is 0. The number of hydrogen-bond donors (Lipinski definition) is 0. The van der Waals surface area contributed by atoms with Crippen molar-refractivity contribution in [3.05, 3.63) is 28.8 Å². The summed E-state index contributed by atoms with van der Waals surface area (Å²) in [5.74, 6) is 0. The van der Waals surface area contributed by atoms with E-state index < -0.39 is 0 Å². The first-order valence-electron chi connectivity index (χ1n) is 6.28. The van der Waals surface area contributed by atoms with Crippen LogP contribution in [-0.2, 0) is 12.8 Å². The fourth-order valence-electron chi connectivity index (χ4n) is 3.04. The van der Waals surface area contributed by atoms with Gasteiger partial charge in [0.25, 0.3) is 0 Å². The van der Waals surface area contributed by atoms with E-state index in [0.717, 1.165) is 4.20 Å². The van der Waals surface area contributed by atoms with Gasteiger partial charge in [-0.3, -0.25) is 0 Å². The van der Waals surface area contributed by atoms with E-state index in [1.54, 1.807) is 11.8 Å². The van der Waals surface area contributed by atoms with Crippen molar-refractivity contribution in [3.63, 3.8) is 0 Å². The third-order valence-electron chi connectivity index (χ3n) is 3.75. The Morgan fingerprint density at radius 3 is 2.29 bits per heavy atom. The zero-order chi connectivity index (χ0) is 11.8. The number of hydrogen-bond acceptors (Lipinski definition) is 3. The third-order valence-corrected chi connectivity index (χ3v) is 5.10. The van der Waals surface area contributed by atoms with E-state index in [-0.39, 0.29) is 0 Å². The van der Waals surface area contributed by atoms with Crippen LogP contribution in [0.15, 0.2) is 12.1 Å². The SMILES string of the molecule is CSC(=S)c1cc2c3c(c1)CCCN3CCC2. The summed E-state index contributed by atoms with van der Waals surface area (Å²) in [7, 11) is 0. The maximum atomic E-state index is 5.43. The van der Waals surface area contributed by atoms with Crippen LogP contribution in [0, 0.1) is 0 Å². The Bertz CT molecular complexity index is 436.